The van der Waals surface area contributed by atoms with Crippen molar-refractivity contribution < 1.29 is 4.79 Å². The number of benzene rings is 2. The van der Waals surface area contributed by atoms with Gasteiger partial charge in [-0.25, -0.2) is 4.79 Å². The van der Waals surface area contributed by atoms with Crippen molar-refractivity contribution in [3.05, 3.63) is 89.7 Å². The van der Waals surface area contributed by atoms with E-state index in [2.05, 4.69) is 65.5 Å². The molecule has 0 radical (unpaired) electrons. The summed E-state index contributed by atoms with van der Waals surface area (Å²) in [5.41, 5.74) is 4.74. The molecule has 0 bridgehead atoms. The van der Waals surface area contributed by atoms with Gasteiger partial charge in [0.05, 0.1) is 18.3 Å². The Morgan fingerprint density at radius 2 is 1.81 bits per heavy atom. The molecule has 4 rings (SSSR count). The second kappa shape index (κ2) is 7.70. The summed E-state index contributed by atoms with van der Waals surface area (Å²) in [5, 5.41) is 3.12. The minimum atomic E-state index is 0.00207. The van der Waals surface area contributed by atoms with Crippen LogP contribution in [0.15, 0.2) is 72.9 Å². The highest BCUT2D eigenvalue weighted by Crippen LogP contribution is 2.33. The largest absolute Gasteiger partial charge is 0.338 e. The maximum Gasteiger partial charge on any atom is 0.318 e. The number of para-hydroxylation sites is 1. The van der Waals surface area contributed by atoms with Crippen molar-refractivity contribution in [1.29, 1.82) is 0 Å². The van der Waals surface area contributed by atoms with Gasteiger partial charge in [0.25, 0.3) is 0 Å². The molecular weight excluding hydrogens is 334 g/mol. The third kappa shape index (κ3) is 3.47. The lowest BCUT2D eigenvalue weighted by Crippen LogP contribution is -2.42. The molecule has 1 atom stereocenters. The normalized spacial score (nSPS) is 15.6. The lowest BCUT2D eigenvalue weighted by atomic mass is 10.1. The first-order valence-corrected chi connectivity index (χ1v) is 9.62. The number of carbonyl (C=O) groups is 1. The highest BCUT2D eigenvalue weighted by atomic mass is 16.2. The van der Waals surface area contributed by atoms with Gasteiger partial charge in [0.15, 0.2) is 0 Å². The van der Waals surface area contributed by atoms with Crippen molar-refractivity contribution in [2.75, 3.05) is 6.54 Å². The zero-order chi connectivity index (χ0) is 18.6. The van der Waals surface area contributed by atoms with Crippen molar-refractivity contribution in [2.45, 2.75) is 32.4 Å². The van der Waals surface area contributed by atoms with Gasteiger partial charge in [-0.05, 0) is 42.2 Å². The van der Waals surface area contributed by atoms with Crippen molar-refractivity contribution in [1.82, 2.24) is 14.8 Å². The summed E-state index contributed by atoms with van der Waals surface area (Å²) in [4.78, 5) is 15.0. The molecule has 0 saturated carbocycles. The predicted molar refractivity (Wildman–Crippen MR) is 108 cm³/mol. The molecule has 1 aliphatic rings. The molecule has 0 spiro atoms. The molecular formula is C23H25N3O. The first kappa shape index (κ1) is 17.4. The fourth-order valence-corrected chi connectivity index (χ4v) is 3.92. The van der Waals surface area contributed by atoms with Gasteiger partial charge in [-0.2, -0.15) is 0 Å². The van der Waals surface area contributed by atoms with Gasteiger partial charge in [0.1, 0.15) is 0 Å². The van der Waals surface area contributed by atoms with Gasteiger partial charge in [-0.3, -0.25) is 0 Å². The van der Waals surface area contributed by atoms with Crippen LogP contribution in [0, 0.1) is 0 Å². The first-order chi connectivity index (χ1) is 13.3. The Labute approximate surface area is 160 Å². The Bertz CT molecular complexity index is 916. The number of aromatic nitrogens is 1. The average molecular weight is 359 g/mol. The molecule has 4 heteroatoms. The zero-order valence-corrected chi connectivity index (χ0v) is 15.6. The molecule has 2 heterocycles. The van der Waals surface area contributed by atoms with Crippen LogP contribution >= 0.6 is 0 Å². The van der Waals surface area contributed by atoms with Crippen molar-refractivity contribution >= 4 is 6.03 Å². The first-order valence-electron chi connectivity index (χ1n) is 9.62. The number of nitrogens with one attached hydrogen (secondary N) is 1. The fraction of sp³-hybridized carbons (Fsp3) is 0.261. The van der Waals surface area contributed by atoms with Gasteiger partial charge in [0, 0.05) is 18.4 Å². The molecule has 27 heavy (non-hydrogen) atoms. The van der Waals surface area contributed by atoms with Crippen LogP contribution in [0.2, 0.25) is 0 Å². The number of urea groups is 1. The van der Waals surface area contributed by atoms with Gasteiger partial charge in [-0.15, -0.1) is 0 Å². The number of fused-ring (bicyclic) bond motifs is 3. The maximum atomic E-state index is 13.1. The molecule has 0 saturated heterocycles. The topological polar surface area (TPSA) is 37.3 Å². The smallest absolute Gasteiger partial charge is 0.318 e. The lowest BCUT2D eigenvalue weighted by Gasteiger charge is -2.29. The minimum Gasteiger partial charge on any atom is -0.338 e. The van der Waals surface area contributed by atoms with Crippen LogP contribution in [0.5, 0.6) is 0 Å². The SMILES string of the molecule is CC[C@@H]1c2cccn2-c2ccccc2CN1C(=O)NCCc1ccccc1. The van der Waals surface area contributed by atoms with Crippen LogP contribution in [0.4, 0.5) is 4.79 Å². The van der Waals surface area contributed by atoms with E-state index in [0.29, 0.717) is 13.1 Å². The predicted octanol–water partition coefficient (Wildman–Crippen LogP) is 4.70. The van der Waals surface area contributed by atoms with E-state index in [9.17, 15) is 4.79 Å². The van der Waals surface area contributed by atoms with E-state index >= 15 is 0 Å². The average Bonchev–Trinajstić information content (AvgIpc) is 3.13. The molecule has 1 aromatic heterocycles. The second-order valence-corrected chi connectivity index (χ2v) is 6.95. The molecule has 3 aromatic rings. The molecule has 0 unspecified atom stereocenters. The van der Waals surface area contributed by atoms with Gasteiger partial charge < -0.3 is 14.8 Å². The van der Waals surface area contributed by atoms with E-state index in [1.54, 1.807) is 0 Å². The lowest BCUT2D eigenvalue weighted by molar-refractivity contribution is 0.168. The van der Waals surface area contributed by atoms with Gasteiger partial charge in [0.2, 0.25) is 0 Å². The molecule has 0 aliphatic carbocycles. The van der Waals surface area contributed by atoms with Crippen LogP contribution in [0.25, 0.3) is 5.69 Å². The van der Waals surface area contributed by atoms with Crippen molar-refractivity contribution in [3.8, 4) is 5.69 Å². The summed E-state index contributed by atoms with van der Waals surface area (Å²) < 4.78 is 2.22. The van der Waals surface area contributed by atoms with E-state index in [1.165, 1.54) is 16.8 Å². The van der Waals surface area contributed by atoms with Crippen LogP contribution in [0.1, 0.15) is 36.2 Å². The summed E-state index contributed by atoms with van der Waals surface area (Å²) in [6.07, 6.45) is 3.81. The number of hydrogen-bond donors (Lipinski definition) is 1. The van der Waals surface area contributed by atoms with E-state index in [-0.39, 0.29) is 12.1 Å². The van der Waals surface area contributed by atoms with E-state index in [1.807, 2.05) is 29.2 Å². The van der Waals surface area contributed by atoms with E-state index in [4.69, 9.17) is 0 Å². The Morgan fingerprint density at radius 3 is 2.63 bits per heavy atom. The molecule has 2 aromatic carbocycles. The molecule has 2 amide bonds. The van der Waals surface area contributed by atoms with Crippen LogP contribution < -0.4 is 5.32 Å². The number of amides is 2. The maximum absolute atomic E-state index is 13.1. The third-order valence-electron chi connectivity index (χ3n) is 5.27. The van der Waals surface area contributed by atoms with E-state index < -0.39 is 0 Å². The van der Waals surface area contributed by atoms with Gasteiger partial charge in [-0.1, -0.05) is 55.5 Å². The summed E-state index contributed by atoms with van der Waals surface area (Å²) in [7, 11) is 0. The van der Waals surface area contributed by atoms with Crippen LogP contribution in [-0.4, -0.2) is 22.0 Å². The molecule has 4 nitrogen and oxygen atoms in total. The number of nitrogens with zero attached hydrogens (tertiary/aromatic N) is 2. The Hall–Kier alpha value is -3.01. The zero-order valence-electron chi connectivity index (χ0n) is 15.6. The molecule has 0 fully saturated rings. The van der Waals surface area contributed by atoms with Crippen molar-refractivity contribution in [3.63, 3.8) is 0 Å². The summed E-state index contributed by atoms with van der Waals surface area (Å²) in [6.45, 7) is 3.40. The third-order valence-corrected chi connectivity index (χ3v) is 5.27. The number of hydrogen-bond acceptors (Lipinski definition) is 1. The van der Waals surface area contributed by atoms with Gasteiger partial charge >= 0.3 is 6.03 Å². The highest BCUT2D eigenvalue weighted by molar-refractivity contribution is 5.75. The molecule has 1 N–H and O–H groups in total. The summed E-state index contributed by atoms with van der Waals surface area (Å²) in [6, 6.07) is 22.8. The molecule has 138 valence electrons. The number of rotatable bonds is 4. The quantitative estimate of drug-likeness (QED) is 0.720. The Kier molecular flexibility index (Phi) is 4.97. The van der Waals surface area contributed by atoms with Crippen LogP contribution in [0.3, 0.4) is 0 Å². The fourth-order valence-electron chi connectivity index (χ4n) is 3.92. The monoisotopic (exact) mass is 359 g/mol. The molecule has 1 aliphatic heterocycles. The minimum absolute atomic E-state index is 0.00207. The Balaban J connectivity index is 1.55. The summed E-state index contributed by atoms with van der Waals surface area (Å²) >= 11 is 0. The number of carbonyl (C=O) groups excluding carboxylic acids is 1. The van der Waals surface area contributed by atoms with Crippen LogP contribution in [-0.2, 0) is 13.0 Å². The second-order valence-electron chi connectivity index (χ2n) is 6.95. The summed E-state index contributed by atoms with van der Waals surface area (Å²) in [5.74, 6) is 0. The van der Waals surface area contributed by atoms with Crippen molar-refractivity contribution in [2.24, 2.45) is 0 Å². The highest BCUT2D eigenvalue weighted by Gasteiger charge is 2.30. The van der Waals surface area contributed by atoms with E-state index in [0.717, 1.165) is 18.5 Å². The standard InChI is InChI=1S/C23H25N3O/c1-2-20-22-13-8-16-25(22)21-12-7-6-11-19(21)17-26(20)23(27)24-15-14-18-9-4-3-5-10-18/h3-13,16,20H,2,14-15,17H2,1H3,(H,24,27)/t20-/m1/s1. The Morgan fingerprint density at radius 1 is 1.04 bits per heavy atom.